The van der Waals surface area contributed by atoms with E-state index in [4.69, 9.17) is 21.8 Å². The summed E-state index contributed by atoms with van der Waals surface area (Å²) in [4.78, 5) is 3.61. The van der Waals surface area contributed by atoms with Gasteiger partial charge in [-0.05, 0) is 41.3 Å². The van der Waals surface area contributed by atoms with E-state index in [1.165, 1.54) is 5.56 Å². The number of piperazine rings is 1. The Morgan fingerprint density at radius 2 is 1.72 bits per heavy atom. The van der Waals surface area contributed by atoms with Crippen molar-refractivity contribution in [3.63, 3.8) is 0 Å². The van der Waals surface area contributed by atoms with Gasteiger partial charge >= 0.3 is 0 Å². The van der Waals surface area contributed by atoms with E-state index < -0.39 is 0 Å². The quantitative estimate of drug-likeness (QED) is 0.360. The third kappa shape index (κ3) is 4.93. The number of benzene rings is 2. The molecule has 2 aromatic carbocycles. The summed E-state index contributed by atoms with van der Waals surface area (Å²) in [6.07, 6.45) is 4.01. The maximum Gasteiger partial charge on any atom is 0.112 e. The van der Waals surface area contributed by atoms with Crippen LogP contribution in [0.5, 0.6) is 0 Å². The van der Waals surface area contributed by atoms with Gasteiger partial charge in [0.05, 0.1) is 16.8 Å². The van der Waals surface area contributed by atoms with E-state index >= 15 is 0 Å². The van der Waals surface area contributed by atoms with Gasteiger partial charge < -0.3 is 0 Å². The van der Waals surface area contributed by atoms with Crippen LogP contribution in [0.1, 0.15) is 11.1 Å². The first-order chi connectivity index (χ1) is 15.7. The van der Waals surface area contributed by atoms with Crippen molar-refractivity contribution in [3.05, 3.63) is 94.5 Å². The minimum absolute atomic E-state index is 0.783. The van der Waals surface area contributed by atoms with Gasteiger partial charge in [0.15, 0.2) is 0 Å². The summed E-state index contributed by atoms with van der Waals surface area (Å²) in [5, 5.41) is 14.7. The van der Waals surface area contributed by atoms with Gasteiger partial charge in [0.1, 0.15) is 5.69 Å². The standard InChI is InChI=1S/C25H24ClN5S/c26-22-10-8-20(9-11-22)18-29-12-14-30(15-13-29)27-17-21-19-31(23-5-2-1-3-6-23)28-25(21)24-7-4-16-32-24/h1-11,16-17,19H,12-15,18H2. The molecule has 0 N–H and O–H groups in total. The van der Waals surface area contributed by atoms with Gasteiger partial charge in [-0.1, -0.05) is 48.0 Å². The number of para-hydroxylation sites is 1. The van der Waals surface area contributed by atoms with E-state index in [9.17, 15) is 0 Å². The van der Waals surface area contributed by atoms with Crippen molar-refractivity contribution in [3.8, 4) is 16.3 Å². The first-order valence-electron chi connectivity index (χ1n) is 10.7. The highest BCUT2D eigenvalue weighted by Gasteiger charge is 2.16. The molecule has 1 aliphatic heterocycles. The lowest BCUT2D eigenvalue weighted by Crippen LogP contribution is -2.43. The Morgan fingerprint density at radius 1 is 0.938 bits per heavy atom. The largest absolute Gasteiger partial charge is 0.295 e. The Morgan fingerprint density at radius 3 is 2.44 bits per heavy atom. The van der Waals surface area contributed by atoms with Crippen LogP contribution in [0.25, 0.3) is 16.3 Å². The summed E-state index contributed by atoms with van der Waals surface area (Å²) >= 11 is 7.69. The Hall–Kier alpha value is -2.93. The van der Waals surface area contributed by atoms with Crippen LogP contribution in [0.15, 0.2) is 83.4 Å². The SMILES string of the molecule is Clc1ccc(CN2CCN(N=Cc3cn(-c4ccccc4)nc3-c3cccs3)CC2)cc1. The molecule has 0 saturated carbocycles. The van der Waals surface area contributed by atoms with Crippen LogP contribution in [0, 0.1) is 0 Å². The fourth-order valence-corrected chi connectivity index (χ4v) is 4.66. The number of hydrogen-bond acceptors (Lipinski definition) is 5. The Kier molecular flexibility index (Phi) is 6.34. The molecule has 0 amide bonds. The van der Waals surface area contributed by atoms with Crippen molar-refractivity contribution >= 4 is 29.2 Å². The molecule has 0 radical (unpaired) electrons. The van der Waals surface area contributed by atoms with Crippen molar-refractivity contribution < 1.29 is 0 Å². The lowest BCUT2D eigenvalue weighted by molar-refractivity contribution is 0.131. The average Bonchev–Trinajstić information content (AvgIpc) is 3.51. The normalized spacial score (nSPS) is 15.0. The first-order valence-corrected chi connectivity index (χ1v) is 11.9. The number of aromatic nitrogens is 2. The zero-order chi connectivity index (χ0) is 21.8. The van der Waals surface area contributed by atoms with Crippen molar-refractivity contribution in [2.45, 2.75) is 6.54 Å². The monoisotopic (exact) mass is 461 g/mol. The predicted octanol–water partition coefficient (Wildman–Crippen LogP) is 5.41. The molecule has 1 saturated heterocycles. The molecule has 7 heteroatoms. The second kappa shape index (κ2) is 9.69. The summed E-state index contributed by atoms with van der Waals surface area (Å²) in [7, 11) is 0. The molecular weight excluding hydrogens is 438 g/mol. The molecule has 5 rings (SSSR count). The van der Waals surface area contributed by atoms with Crippen LogP contribution in [0.3, 0.4) is 0 Å². The van der Waals surface area contributed by atoms with Crippen LogP contribution < -0.4 is 0 Å². The van der Waals surface area contributed by atoms with E-state index in [2.05, 4.69) is 57.9 Å². The minimum atomic E-state index is 0.783. The zero-order valence-electron chi connectivity index (χ0n) is 17.6. The van der Waals surface area contributed by atoms with E-state index in [0.717, 1.165) is 59.6 Å². The average molecular weight is 462 g/mol. The summed E-state index contributed by atoms with van der Waals surface area (Å²) < 4.78 is 1.93. The Bertz CT molecular complexity index is 1160. The van der Waals surface area contributed by atoms with Gasteiger partial charge in [0.25, 0.3) is 0 Å². The molecule has 32 heavy (non-hydrogen) atoms. The van der Waals surface area contributed by atoms with E-state index in [1.54, 1.807) is 11.3 Å². The fourth-order valence-electron chi connectivity index (χ4n) is 3.80. The molecule has 1 fully saturated rings. The molecule has 0 atom stereocenters. The molecule has 0 unspecified atom stereocenters. The highest BCUT2D eigenvalue weighted by atomic mass is 35.5. The molecule has 0 spiro atoms. The zero-order valence-corrected chi connectivity index (χ0v) is 19.2. The molecule has 1 aliphatic rings. The second-order valence-corrected chi connectivity index (χ2v) is 9.18. The topological polar surface area (TPSA) is 36.7 Å². The van der Waals surface area contributed by atoms with Crippen molar-refractivity contribution in [2.75, 3.05) is 26.2 Å². The molecule has 2 aromatic heterocycles. The number of rotatable bonds is 6. The number of halogens is 1. The molecule has 3 heterocycles. The van der Waals surface area contributed by atoms with Crippen LogP contribution in [0.4, 0.5) is 0 Å². The molecule has 0 bridgehead atoms. The van der Waals surface area contributed by atoms with Crippen molar-refractivity contribution in [1.82, 2.24) is 19.7 Å². The van der Waals surface area contributed by atoms with E-state index in [-0.39, 0.29) is 0 Å². The number of hydrogen-bond donors (Lipinski definition) is 0. The van der Waals surface area contributed by atoms with Gasteiger partial charge in [-0.3, -0.25) is 9.91 Å². The number of thiophene rings is 1. The maximum atomic E-state index is 6.00. The maximum absolute atomic E-state index is 6.00. The lowest BCUT2D eigenvalue weighted by Gasteiger charge is -2.33. The van der Waals surface area contributed by atoms with Crippen LogP contribution >= 0.6 is 22.9 Å². The van der Waals surface area contributed by atoms with Crippen LogP contribution in [-0.4, -0.2) is 52.1 Å². The number of nitrogens with zero attached hydrogens (tertiary/aromatic N) is 5. The highest BCUT2D eigenvalue weighted by Crippen LogP contribution is 2.27. The molecule has 4 aromatic rings. The predicted molar refractivity (Wildman–Crippen MR) is 133 cm³/mol. The Labute approximate surface area is 197 Å². The van der Waals surface area contributed by atoms with Gasteiger partial charge in [-0.25, -0.2) is 4.68 Å². The molecule has 162 valence electrons. The van der Waals surface area contributed by atoms with Gasteiger partial charge in [0, 0.05) is 49.5 Å². The molecule has 0 aliphatic carbocycles. The van der Waals surface area contributed by atoms with Gasteiger partial charge in [-0.15, -0.1) is 11.3 Å². The Balaban J connectivity index is 1.27. The summed E-state index contributed by atoms with van der Waals surface area (Å²) in [5.41, 5.74) is 4.33. The van der Waals surface area contributed by atoms with Gasteiger partial charge in [-0.2, -0.15) is 10.2 Å². The lowest BCUT2D eigenvalue weighted by atomic mass is 10.2. The highest BCUT2D eigenvalue weighted by molar-refractivity contribution is 7.13. The first kappa shape index (κ1) is 20.9. The number of hydrazone groups is 1. The van der Waals surface area contributed by atoms with Crippen molar-refractivity contribution in [1.29, 1.82) is 0 Å². The molecule has 5 nitrogen and oxygen atoms in total. The third-order valence-electron chi connectivity index (χ3n) is 5.55. The molecular formula is C25H24ClN5S. The van der Waals surface area contributed by atoms with E-state index in [1.807, 2.05) is 41.2 Å². The third-order valence-corrected chi connectivity index (χ3v) is 6.67. The van der Waals surface area contributed by atoms with Crippen molar-refractivity contribution in [2.24, 2.45) is 5.10 Å². The second-order valence-electron chi connectivity index (χ2n) is 7.79. The summed E-state index contributed by atoms with van der Waals surface area (Å²) in [6, 6.07) is 22.5. The summed E-state index contributed by atoms with van der Waals surface area (Å²) in [6.45, 7) is 4.74. The van der Waals surface area contributed by atoms with Crippen LogP contribution in [0.2, 0.25) is 5.02 Å². The smallest absolute Gasteiger partial charge is 0.112 e. The summed E-state index contributed by atoms with van der Waals surface area (Å²) in [5.74, 6) is 0. The minimum Gasteiger partial charge on any atom is -0.295 e. The van der Waals surface area contributed by atoms with E-state index in [0.29, 0.717) is 0 Å². The van der Waals surface area contributed by atoms with Gasteiger partial charge in [0.2, 0.25) is 0 Å². The van der Waals surface area contributed by atoms with Crippen LogP contribution in [-0.2, 0) is 6.54 Å². The fraction of sp³-hybridized carbons (Fsp3) is 0.200.